The molecule has 1 aromatic rings. The number of halogens is 3. The van der Waals surface area contributed by atoms with Gasteiger partial charge < -0.3 is 4.98 Å². The summed E-state index contributed by atoms with van der Waals surface area (Å²) < 4.78 is 24.1. The highest BCUT2D eigenvalue weighted by Gasteiger charge is 2.12. The van der Waals surface area contributed by atoms with Crippen molar-refractivity contribution in [1.82, 2.24) is 4.98 Å². The lowest BCUT2D eigenvalue weighted by Gasteiger charge is -2.00. The van der Waals surface area contributed by atoms with Gasteiger partial charge in [0, 0.05) is 5.56 Å². The summed E-state index contributed by atoms with van der Waals surface area (Å²) in [5.41, 5.74) is -1.74. The Morgan fingerprint density at radius 3 is 2.62 bits per heavy atom. The van der Waals surface area contributed by atoms with Gasteiger partial charge in [0.25, 0.3) is 12.0 Å². The molecule has 0 bridgehead atoms. The maximum atomic E-state index is 12.1. The minimum absolute atomic E-state index is 0.235. The van der Waals surface area contributed by atoms with Crippen LogP contribution in [0.3, 0.4) is 0 Å². The average Bonchev–Trinajstić information content (AvgIpc) is 2.09. The summed E-state index contributed by atoms with van der Waals surface area (Å²) in [5, 5.41) is -0.376. The molecule has 0 spiro atoms. The van der Waals surface area contributed by atoms with Crippen LogP contribution in [0.25, 0.3) is 0 Å². The molecule has 0 aliphatic heterocycles. The minimum Gasteiger partial charge on any atom is -0.320 e. The molecular formula is C7H4ClF2NO2. The van der Waals surface area contributed by atoms with E-state index >= 15 is 0 Å². The van der Waals surface area contributed by atoms with Crippen LogP contribution in [0.1, 0.15) is 22.5 Å². The van der Waals surface area contributed by atoms with Crippen LogP contribution in [0.2, 0.25) is 5.02 Å². The predicted molar refractivity (Wildman–Crippen MR) is 42.4 cm³/mol. The predicted octanol–water partition coefficient (Wildman–Crippen LogP) is 1.78. The molecule has 0 radical (unpaired) electrons. The van der Waals surface area contributed by atoms with Crippen LogP contribution in [-0.2, 0) is 0 Å². The maximum Gasteiger partial charge on any atom is 0.278 e. The standard InChI is InChI=1S/C7H4ClF2NO2/c8-5-3(2-12)1-4(6(9)10)11-7(5)13/h1-2,6H,(H,11,13). The first kappa shape index (κ1) is 9.85. The van der Waals surface area contributed by atoms with E-state index in [1.807, 2.05) is 4.98 Å². The van der Waals surface area contributed by atoms with Crippen LogP contribution in [0.4, 0.5) is 8.78 Å². The number of hydrogen-bond donors (Lipinski definition) is 1. The smallest absolute Gasteiger partial charge is 0.278 e. The molecule has 3 nitrogen and oxygen atoms in total. The van der Waals surface area contributed by atoms with Crippen LogP contribution in [-0.4, -0.2) is 11.3 Å². The summed E-state index contributed by atoms with van der Waals surface area (Å²) in [6.07, 6.45) is -2.58. The first-order valence-electron chi connectivity index (χ1n) is 3.22. The van der Waals surface area contributed by atoms with Crippen LogP contribution in [0, 0.1) is 0 Å². The summed E-state index contributed by atoms with van der Waals surface area (Å²) in [5.74, 6) is 0. The first-order valence-corrected chi connectivity index (χ1v) is 3.60. The number of aromatic nitrogens is 1. The molecule has 0 amide bonds. The number of alkyl halides is 2. The quantitative estimate of drug-likeness (QED) is 0.752. The Kier molecular flexibility index (Phi) is 2.77. The molecule has 1 N–H and O–H groups in total. The molecule has 0 unspecified atom stereocenters. The van der Waals surface area contributed by atoms with Crippen molar-refractivity contribution in [2.24, 2.45) is 0 Å². The van der Waals surface area contributed by atoms with Crippen molar-refractivity contribution < 1.29 is 13.6 Å². The van der Waals surface area contributed by atoms with Gasteiger partial charge in [0.05, 0.1) is 5.69 Å². The maximum absolute atomic E-state index is 12.1. The number of carbonyl (C=O) groups excluding carboxylic acids is 1. The highest BCUT2D eigenvalue weighted by Crippen LogP contribution is 2.18. The monoisotopic (exact) mass is 207 g/mol. The van der Waals surface area contributed by atoms with Gasteiger partial charge in [0.1, 0.15) is 5.02 Å². The van der Waals surface area contributed by atoms with Crippen LogP contribution < -0.4 is 5.56 Å². The van der Waals surface area contributed by atoms with Crippen molar-refractivity contribution in [2.45, 2.75) is 6.43 Å². The summed E-state index contributed by atoms with van der Waals surface area (Å²) in [6, 6.07) is 0.849. The summed E-state index contributed by atoms with van der Waals surface area (Å²) in [4.78, 5) is 23.0. The van der Waals surface area contributed by atoms with Crippen molar-refractivity contribution in [3.63, 3.8) is 0 Å². The summed E-state index contributed by atoms with van der Waals surface area (Å²) >= 11 is 5.35. The molecule has 70 valence electrons. The molecule has 6 heteroatoms. The Morgan fingerprint density at radius 2 is 2.15 bits per heavy atom. The van der Waals surface area contributed by atoms with Gasteiger partial charge in [-0.25, -0.2) is 8.78 Å². The molecule has 0 aliphatic rings. The van der Waals surface area contributed by atoms with E-state index in [4.69, 9.17) is 11.6 Å². The highest BCUT2D eigenvalue weighted by molar-refractivity contribution is 6.32. The number of aromatic amines is 1. The van der Waals surface area contributed by atoms with E-state index in [0.717, 1.165) is 6.07 Å². The van der Waals surface area contributed by atoms with Crippen molar-refractivity contribution in [2.75, 3.05) is 0 Å². The number of H-pyrrole nitrogens is 1. The lowest BCUT2D eigenvalue weighted by Crippen LogP contribution is -2.12. The third kappa shape index (κ3) is 1.92. The minimum atomic E-state index is -2.83. The molecule has 0 atom stereocenters. The van der Waals surface area contributed by atoms with E-state index in [1.54, 1.807) is 0 Å². The van der Waals surface area contributed by atoms with E-state index in [9.17, 15) is 18.4 Å². The Hall–Kier alpha value is -1.23. The van der Waals surface area contributed by atoms with Gasteiger partial charge >= 0.3 is 0 Å². The molecule has 13 heavy (non-hydrogen) atoms. The third-order valence-electron chi connectivity index (χ3n) is 1.38. The second-order valence-electron chi connectivity index (χ2n) is 2.24. The number of rotatable bonds is 2. The number of pyridine rings is 1. The number of aldehydes is 1. The molecule has 0 fully saturated rings. The molecular weight excluding hydrogens is 204 g/mol. The Labute approximate surface area is 76.3 Å². The van der Waals surface area contributed by atoms with Crippen LogP contribution in [0.5, 0.6) is 0 Å². The zero-order chi connectivity index (χ0) is 10.0. The van der Waals surface area contributed by atoms with Gasteiger partial charge in [-0.05, 0) is 6.07 Å². The molecule has 1 rings (SSSR count). The largest absolute Gasteiger partial charge is 0.320 e. The third-order valence-corrected chi connectivity index (χ3v) is 1.77. The Bertz CT molecular complexity index is 389. The van der Waals surface area contributed by atoms with Crippen LogP contribution in [0.15, 0.2) is 10.9 Å². The highest BCUT2D eigenvalue weighted by atomic mass is 35.5. The van der Waals surface area contributed by atoms with Crippen molar-refractivity contribution in [1.29, 1.82) is 0 Å². The van der Waals surface area contributed by atoms with Gasteiger partial charge in [0.15, 0.2) is 6.29 Å². The van der Waals surface area contributed by atoms with E-state index in [1.165, 1.54) is 0 Å². The summed E-state index contributed by atoms with van der Waals surface area (Å²) in [6.45, 7) is 0. The van der Waals surface area contributed by atoms with Crippen molar-refractivity contribution in [3.8, 4) is 0 Å². The summed E-state index contributed by atoms with van der Waals surface area (Å²) in [7, 11) is 0. The number of nitrogens with one attached hydrogen (secondary N) is 1. The first-order chi connectivity index (χ1) is 6.06. The topological polar surface area (TPSA) is 49.9 Å². The molecule has 0 saturated heterocycles. The fourth-order valence-corrected chi connectivity index (χ4v) is 0.934. The second kappa shape index (κ2) is 3.66. The Balaban J connectivity index is 3.39. The zero-order valence-electron chi connectivity index (χ0n) is 6.18. The molecule has 0 saturated carbocycles. The lowest BCUT2D eigenvalue weighted by atomic mass is 10.2. The van der Waals surface area contributed by atoms with E-state index in [-0.39, 0.29) is 16.9 Å². The van der Waals surface area contributed by atoms with Gasteiger partial charge in [-0.2, -0.15) is 0 Å². The normalized spacial score (nSPS) is 10.5. The fraction of sp³-hybridized carbons (Fsp3) is 0.143. The SMILES string of the molecule is O=Cc1cc(C(F)F)[nH]c(=O)c1Cl. The number of carbonyl (C=O) groups is 1. The van der Waals surface area contributed by atoms with Gasteiger partial charge in [0.2, 0.25) is 0 Å². The van der Waals surface area contributed by atoms with E-state index < -0.39 is 17.7 Å². The molecule has 0 aromatic carbocycles. The van der Waals surface area contributed by atoms with Gasteiger partial charge in [-0.15, -0.1) is 0 Å². The Morgan fingerprint density at radius 1 is 1.54 bits per heavy atom. The zero-order valence-corrected chi connectivity index (χ0v) is 6.94. The van der Waals surface area contributed by atoms with E-state index in [0.29, 0.717) is 0 Å². The molecule has 1 heterocycles. The number of hydrogen-bond acceptors (Lipinski definition) is 2. The molecule has 1 aromatic heterocycles. The molecule has 0 aliphatic carbocycles. The second-order valence-corrected chi connectivity index (χ2v) is 2.62. The van der Waals surface area contributed by atoms with Crippen LogP contribution >= 0.6 is 11.6 Å². The van der Waals surface area contributed by atoms with E-state index in [2.05, 4.69) is 0 Å². The average molecular weight is 208 g/mol. The van der Waals surface area contributed by atoms with Crippen molar-refractivity contribution >= 4 is 17.9 Å². The fourth-order valence-electron chi connectivity index (χ4n) is 0.787. The van der Waals surface area contributed by atoms with Gasteiger partial charge in [-0.3, -0.25) is 9.59 Å². The lowest BCUT2D eigenvalue weighted by molar-refractivity contribution is 0.112. The van der Waals surface area contributed by atoms with Gasteiger partial charge in [-0.1, -0.05) is 11.6 Å². The van der Waals surface area contributed by atoms with Crippen molar-refractivity contribution in [3.05, 3.63) is 32.7 Å².